The average Bonchev–Trinajstić information content (AvgIpc) is 2.62. The second-order valence-electron chi connectivity index (χ2n) is 5.45. The van der Waals surface area contributed by atoms with Crippen molar-refractivity contribution in [1.82, 2.24) is 9.80 Å². The molecule has 2 amide bonds. The number of nitrogens with zero attached hydrogens (tertiary/aromatic N) is 2. The number of esters is 1. The predicted molar refractivity (Wildman–Crippen MR) is 88.5 cm³/mol. The molecule has 1 heterocycles. The molecule has 1 aliphatic rings. The molecule has 130 valence electrons. The Kier molecular flexibility index (Phi) is 6.28. The SMILES string of the molecule is COC(=O)c1ccc(NC(=O)C(=O)N2CCN(CCN)CC2)cc1. The van der Waals surface area contributed by atoms with E-state index < -0.39 is 17.8 Å². The number of piperazine rings is 1. The molecule has 0 spiro atoms. The Balaban J connectivity index is 1.88. The Labute approximate surface area is 140 Å². The Morgan fingerprint density at radius 1 is 1.12 bits per heavy atom. The lowest BCUT2D eigenvalue weighted by molar-refractivity contribution is -0.144. The van der Waals surface area contributed by atoms with Gasteiger partial charge in [0.2, 0.25) is 0 Å². The van der Waals surface area contributed by atoms with Crippen molar-refractivity contribution in [3.8, 4) is 0 Å². The zero-order valence-corrected chi connectivity index (χ0v) is 13.7. The van der Waals surface area contributed by atoms with Crippen LogP contribution in [0, 0.1) is 0 Å². The van der Waals surface area contributed by atoms with E-state index in [1.54, 1.807) is 12.1 Å². The molecule has 0 saturated carbocycles. The van der Waals surface area contributed by atoms with E-state index in [-0.39, 0.29) is 0 Å². The van der Waals surface area contributed by atoms with Crippen LogP contribution in [0.2, 0.25) is 0 Å². The maximum Gasteiger partial charge on any atom is 0.337 e. The minimum absolute atomic E-state index is 0.373. The molecule has 0 radical (unpaired) electrons. The predicted octanol–water partition coefficient (Wildman–Crippen LogP) is -0.485. The summed E-state index contributed by atoms with van der Waals surface area (Å²) in [5.41, 5.74) is 6.33. The van der Waals surface area contributed by atoms with Crippen molar-refractivity contribution in [2.75, 3.05) is 51.7 Å². The highest BCUT2D eigenvalue weighted by Crippen LogP contribution is 2.11. The molecule has 1 aromatic carbocycles. The van der Waals surface area contributed by atoms with Crippen molar-refractivity contribution >= 4 is 23.5 Å². The minimum atomic E-state index is -0.687. The molecule has 1 aliphatic heterocycles. The molecule has 3 N–H and O–H groups in total. The fourth-order valence-corrected chi connectivity index (χ4v) is 2.49. The first-order chi connectivity index (χ1) is 11.5. The van der Waals surface area contributed by atoms with Crippen LogP contribution in [0.1, 0.15) is 10.4 Å². The summed E-state index contributed by atoms with van der Waals surface area (Å²) in [5.74, 6) is -1.70. The van der Waals surface area contributed by atoms with Gasteiger partial charge in [-0.25, -0.2) is 4.79 Å². The number of nitrogens with two attached hydrogens (primary N) is 1. The number of benzene rings is 1. The average molecular weight is 334 g/mol. The van der Waals surface area contributed by atoms with Gasteiger partial charge < -0.3 is 20.7 Å². The molecule has 0 aliphatic carbocycles. The molecule has 8 heteroatoms. The van der Waals surface area contributed by atoms with Gasteiger partial charge in [0.15, 0.2) is 0 Å². The fourth-order valence-electron chi connectivity index (χ4n) is 2.49. The second kappa shape index (κ2) is 8.42. The van der Waals surface area contributed by atoms with Crippen molar-refractivity contribution in [3.63, 3.8) is 0 Å². The Hall–Kier alpha value is -2.45. The lowest BCUT2D eigenvalue weighted by Crippen LogP contribution is -2.52. The van der Waals surface area contributed by atoms with Gasteiger partial charge in [-0.1, -0.05) is 0 Å². The van der Waals surface area contributed by atoms with Gasteiger partial charge in [0.05, 0.1) is 12.7 Å². The van der Waals surface area contributed by atoms with Gasteiger partial charge in [-0.05, 0) is 24.3 Å². The normalized spacial score (nSPS) is 15.0. The highest BCUT2D eigenvalue weighted by molar-refractivity contribution is 6.39. The molecule has 8 nitrogen and oxygen atoms in total. The van der Waals surface area contributed by atoms with Gasteiger partial charge in [0.25, 0.3) is 0 Å². The number of methoxy groups -OCH3 is 1. The quantitative estimate of drug-likeness (QED) is 0.569. The van der Waals surface area contributed by atoms with Crippen LogP contribution in [0.15, 0.2) is 24.3 Å². The van der Waals surface area contributed by atoms with E-state index in [1.807, 2.05) is 0 Å². The Morgan fingerprint density at radius 2 is 1.75 bits per heavy atom. The molecule has 0 aromatic heterocycles. The first-order valence-electron chi connectivity index (χ1n) is 7.76. The molecule has 1 saturated heterocycles. The van der Waals surface area contributed by atoms with Gasteiger partial charge in [-0.15, -0.1) is 0 Å². The number of ether oxygens (including phenoxy) is 1. The van der Waals surface area contributed by atoms with Crippen LogP contribution in [0.4, 0.5) is 5.69 Å². The monoisotopic (exact) mass is 334 g/mol. The summed E-state index contributed by atoms with van der Waals surface area (Å²) < 4.78 is 4.60. The summed E-state index contributed by atoms with van der Waals surface area (Å²) in [6.45, 7) is 3.81. The van der Waals surface area contributed by atoms with Crippen LogP contribution in [-0.4, -0.2) is 74.0 Å². The third kappa shape index (κ3) is 4.53. The number of rotatable bonds is 4. The Bertz CT molecular complexity index is 595. The summed E-state index contributed by atoms with van der Waals surface area (Å²) in [4.78, 5) is 39.3. The fraction of sp³-hybridized carbons (Fsp3) is 0.438. The molecular formula is C16H22N4O4. The first-order valence-corrected chi connectivity index (χ1v) is 7.76. The van der Waals surface area contributed by atoms with Crippen LogP contribution < -0.4 is 11.1 Å². The van der Waals surface area contributed by atoms with Gasteiger partial charge in [0.1, 0.15) is 0 Å². The molecule has 1 aromatic rings. The highest BCUT2D eigenvalue weighted by Gasteiger charge is 2.25. The third-order valence-corrected chi connectivity index (χ3v) is 3.86. The van der Waals surface area contributed by atoms with E-state index in [9.17, 15) is 14.4 Å². The van der Waals surface area contributed by atoms with E-state index in [0.29, 0.717) is 44.0 Å². The number of carbonyl (C=O) groups is 3. The second-order valence-corrected chi connectivity index (χ2v) is 5.45. The summed E-state index contributed by atoms with van der Waals surface area (Å²) in [6.07, 6.45) is 0. The summed E-state index contributed by atoms with van der Waals surface area (Å²) in [7, 11) is 1.30. The highest BCUT2D eigenvalue weighted by atomic mass is 16.5. The lowest BCUT2D eigenvalue weighted by atomic mass is 10.2. The number of carbonyl (C=O) groups excluding carboxylic acids is 3. The van der Waals surface area contributed by atoms with Crippen LogP contribution in [0.5, 0.6) is 0 Å². The van der Waals surface area contributed by atoms with Crippen LogP contribution in [-0.2, 0) is 14.3 Å². The molecule has 2 rings (SSSR count). The lowest BCUT2D eigenvalue weighted by Gasteiger charge is -2.34. The van der Waals surface area contributed by atoms with Gasteiger partial charge in [-0.2, -0.15) is 0 Å². The molecular weight excluding hydrogens is 312 g/mol. The molecule has 1 fully saturated rings. The summed E-state index contributed by atoms with van der Waals surface area (Å²) in [6, 6.07) is 6.16. The maximum atomic E-state index is 12.2. The van der Waals surface area contributed by atoms with Crippen molar-refractivity contribution in [2.24, 2.45) is 5.73 Å². The standard InChI is InChI=1S/C16H22N4O4/c1-24-16(23)12-2-4-13(5-3-12)18-14(21)15(22)20-10-8-19(7-6-17)9-11-20/h2-5H,6-11,17H2,1H3,(H,18,21). The smallest absolute Gasteiger partial charge is 0.337 e. The largest absolute Gasteiger partial charge is 0.465 e. The number of hydrogen-bond donors (Lipinski definition) is 2. The van der Waals surface area contributed by atoms with Crippen molar-refractivity contribution in [1.29, 1.82) is 0 Å². The summed E-state index contributed by atoms with van der Waals surface area (Å²) >= 11 is 0. The van der Waals surface area contributed by atoms with E-state index in [0.717, 1.165) is 6.54 Å². The van der Waals surface area contributed by atoms with E-state index in [1.165, 1.54) is 24.1 Å². The van der Waals surface area contributed by atoms with Crippen LogP contribution in [0.3, 0.4) is 0 Å². The topological polar surface area (TPSA) is 105 Å². The zero-order chi connectivity index (χ0) is 17.5. The van der Waals surface area contributed by atoms with Crippen LogP contribution in [0.25, 0.3) is 0 Å². The van der Waals surface area contributed by atoms with Crippen molar-refractivity contribution in [3.05, 3.63) is 29.8 Å². The third-order valence-electron chi connectivity index (χ3n) is 3.86. The number of anilines is 1. The Morgan fingerprint density at radius 3 is 2.29 bits per heavy atom. The number of hydrogen-bond acceptors (Lipinski definition) is 6. The number of amides is 2. The molecule has 0 unspecified atom stereocenters. The van der Waals surface area contributed by atoms with Gasteiger partial charge >= 0.3 is 17.8 Å². The number of nitrogens with one attached hydrogen (secondary N) is 1. The van der Waals surface area contributed by atoms with Crippen molar-refractivity contribution in [2.45, 2.75) is 0 Å². The van der Waals surface area contributed by atoms with E-state index in [2.05, 4.69) is 15.0 Å². The molecule has 0 atom stereocenters. The van der Waals surface area contributed by atoms with Gasteiger partial charge in [0, 0.05) is 45.0 Å². The van der Waals surface area contributed by atoms with Crippen molar-refractivity contribution < 1.29 is 19.1 Å². The van der Waals surface area contributed by atoms with Crippen LogP contribution >= 0.6 is 0 Å². The van der Waals surface area contributed by atoms with Gasteiger partial charge in [-0.3, -0.25) is 14.5 Å². The van der Waals surface area contributed by atoms with E-state index in [4.69, 9.17) is 5.73 Å². The minimum Gasteiger partial charge on any atom is -0.465 e. The summed E-state index contributed by atoms with van der Waals surface area (Å²) in [5, 5.41) is 2.54. The molecule has 24 heavy (non-hydrogen) atoms. The van der Waals surface area contributed by atoms with E-state index >= 15 is 0 Å². The maximum absolute atomic E-state index is 12.2. The zero-order valence-electron chi connectivity index (χ0n) is 13.7. The first kappa shape index (κ1) is 17.9. The molecule has 0 bridgehead atoms.